The van der Waals surface area contributed by atoms with Gasteiger partial charge in [-0.3, -0.25) is 14.3 Å². The molecule has 0 saturated carbocycles. The van der Waals surface area contributed by atoms with Gasteiger partial charge in [-0.2, -0.15) is 0 Å². The summed E-state index contributed by atoms with van der Waals surface area (Å²) in [6, 6.07) is 11.1. The maximum Gasteiger partial charge on any atom is 0.255 e. The fourth-order valence-electron chi connectivity index (χ4n) is 3.99. The molecule has 0 radical (unpaired) electrons. The molecule has 9 heteroatoms. The van der Waals surface area contributed by atoms with Crippen LogP contribution in [-0.4, -0.2) is 39.8 Å². The molecule has 0 unspecified atom stereocenters. The molecule has 0 bridgehead atoms. The first kappa shape index (κ1) is 21.9. The van der Waals surface area contributed by atoms with Crippen LogP contribution < -0.4 is 21.1 Å². The summed E-state index contributed by atoms with van der Waals surface area (Å²) in [5.41, 5.74) is 2.52. The molecule has 0 aliphatic carbocycles. The first-order chi connectivity index (χ1) is 15.5. The smallest absolute Gasteiger partial charge is 0.255 e. The topological polar surface area (TPSA) is 75.1 Å². The summed E-state index contributed by atoms with van der Waals surface area (Å²) in [6.07, 6.45) is 4.64. The number of nitrogens with zero attached hydrogens (tertiary/aromatic N) is 4. The second-order valence-electron chi connectivity index (χ2n) is 7.81. The van der Waals surface area contributed by atoms with Gasteiger partial charge in [-0.25, -0.2) is 9.37 Å². The summed E-state index contributed by atoms with van der Waals surface area (Å²) in [7, 11) is 3.48. The Morgan fingerprint density at radius 2 is 2.03 bits per heavy atom. The third-order valence-electron chi connectivity index (χ3n) is 5.73. The number of halogens is 1. The fourth-order valence-corrected chi connectivity index (χ4v) is 4.11. The highest BCUT2D eigenvalue weighted by Gasteiger charge is 2.25. The van der Waals surface area contributed by atoms with E-state index in [2.05, 4.69) is 37.6 Å². The number of anilines is 2. The molecule has 3 aromatic rings. The van der Waals surface area contributed by atoms with Gasteiger partial charge in [0.05, 0.1) is 11.9 Å². The number of hydrogen-bond acceptors (Lipinski definition) is 5. The minimum atomic E-state index is -0.498. The summed E-state index contributed by atoms with van der Waals surface area (Å²) in [6.45, 7) is 1.51. The number of piperidine rings is 1. The number of thiocarbonyl (C=S) groups is 1. The average Bonchev–Trinajstić information content (AvgIpc) is 2.81. The molecular weight excluding hydrogens is 427 g/mol. The summed E-state index contributed by atoms with van der Waals surface area (Å²) >= 11 is 5.15. The highest BCUT2D eigenvalue weighted by Crippen LogP contribution is 2.30. The first-order valence-electron chi connectivity index (χ1n) is 10.5. The summed E-state index contributed by atoms with van der Waals surface area (Å²) < 4.78 is 15.8. The number of benzene rings is 1. The van der Waals surface area contributed by atoms with E-state index in [1.165, 1.54) is 28.5 Å². The van der Waals surface area contributed by atoms with Crippen molar-refractivity contribution < 1.29 is 4.39 Å². The number of rotatable bonds is 4. The van der Waals surface area contributed by atoms with Crippen molar-refractivity contribution in [1.29, 1.82) is 0 Å². The van der Waals surface area contributed by atoms with E-state index in [0.717, 1.165) is 37.8 Å². The summed E-state index contributed by atoms with van der Waals surface area (Å²) in [5.74, 6) is 0.348. The Kier molecular flexibility index (Phi) is 6.45. The van der Waals surface area contributed by atoms with Crippen LogP contribution in [0.4, 0.5) is 16.0 Å². The third-order valence-corrected chi connectivity index (χ3v) is 6.04. The number of hydrogen-bond donors (Lipinski definition) is 2. The predicted molar refractivity (Wildman–Crippen MR) is 129 cm³/mol. The number of nitrogens with one attached hydrogen (secondary N) is 2. The van der Waals surface area contributed by atoms with Crippen LogP contribution in [0.3, 0.4) is 0 Å². The number of aromatic nitrogens is 3. The molecular formula is C23H25FN6OS. The fraction of sp³-hybridized carbons (Fsp3) is 0.304. The Morgan fingerprint density at radius 1 is 1.25 bits per heavy atom. The lowest BCUT2D eigenvalue weighted by molar-refractivity contribution is 0.497. The summed E-state index contributed by atoms with van der Waals surface area (Å²) in [5, 5.41) is 6.59. The van der Waals surface area contributed by atoms with Crippen LogP contribution in [-0.2, 0) is 7.05 Å². The monoisotopic (exact) mass is 452 g/mol. The van der Waals surface area contributed by atoms with Crippen LogP contribution in [0.2, 0.25) is 0 Å². The zero-order valence-electron chi connectivity index (χ0n) is 18.0. The van der Waals surface area contributed by atoms with Crippen molar-refractivity contribution in [3.63, 3.8) is 0 Å². The van der Waals surface area contributed by atoms with Crippen molar-refractivity contribution in [3.8, 4) is 11.3 Å². The van der Waals surface area contributed by atoms with E-state index in [1.807, 2.05) is 12.1 Å². The molecule has 1 aliphatic rings. The van der Waals surface area contributed by atoms with Crippen LogP contribution in [0.15, 0.2) is 53.6 Å². The normalized spacial score (nSPS) is 16.0. The van der Waals surface area contributed by atoms with Crippen molar-refractivity contribution >= 4 is 29.0 Å². The Labute approximate surface area is 191 Å². The molecule has 1 fully saturated rings. The highest BCUT2D eigenvalue weighted by molar-refractivity contribution is 7.80. The molecule has 1 aromatic carbocycles. The lowest BCUT2D eigenvalue weighted by atomic mass is 9.90. The van der Waals surface area contributed by atoms with E-state index in [0.29, 0.717) is 22.7 Å². The van der Waals surface area contributed by atoms with Gasteiger partial charge >= 0.3 is 0 Å². The van der Waals surface area contributed by atoms with Crippen molar-refractivity contribution in [2.75, 3.05) is 30.4 Å². The van der Waals surface area contributed by atoms with Crippen molar-refractivity contribution in [3.05, 3.63) is 70.5 Å². The van der Waals surface area contributed by atoms with Crippen LogP contribution in [0.25, 0.3) is 11.3 Å². The van der Waals surface area contributed by atoms with Gasteiger partial charge in [0.15, 0.2) is 10.9 Å². The van der Waals surface area contributed by atoms with E-state index in [4.69, 9.17) is 12.2 Å². The Bertz CT molecular complexity index is 1180. The van der Waals surface area contributed by atoms with E-state index in [1.54, 1.807) is 14.1 Å². The molecule has 7 nitrogen and oxygen atoms in total. The van der Waals surface area contributed by atoms with Crippen LogP contribution in [0, 0.1) is 5.82 Å². The van der Waals surface area contributed by atoms with E-state index < -0.39 is 5.82 Å². The molecule has 1 aliphatic heterocycles. The Hall–Kier alpha value is -3.33. The Balaban J connectivity index is 1.59. The minimum Gasteiger partial charge on any atom is -0.366 e. The molecule has 2 aromatic heterocycles. The van der Waals surface area contributed by atoms with Crippen molar-refractivity contribution in [2.45, 2.75) is 18.8 Å². The lowest BCUT2D eigenvalue weighted by Crippen LogP contribution is -2.38. The molecule has 0 spiro atoms. The van der Waals surface area contributed by atoms with Gasteiger partial charge in [0.2, 0.25) is 5.95 Å². The number of pyridine rings is 1. The summed E-state index contributed by atoms with van der Waals surface area (Å²) in [4.78, 5) is 23.2. The van der Waals surface area contributed by atoms with Gasteiger partial charge in [0, 0.05) is 56.6 Å². The second-order valence-corrected chi connectivity index (χ2v) is 8.21. The molecule has 2 N–H and O–H groups in total. The highest BCUT2D eigenvalue weighted by atomic mass is 32.1. The predicted octanol–water partition coefficient (Wildman–Crippen LogP) is 3.28. The Morgan fingerprint density at radius 3 is 2.75 bits per heavy atom. The average molecular weight is 453 g/mol. The minimum absolute atomic E-state index is 0.223. The molecule has 1 saturated heterocycles. The first-order valence-corrected chi connectivity index (χ1v) is 10.9. The quantitative estimate of drug-likeness (QED) is 0.589. The van der Waals surface area contributed by atoms with Crippen molar-refractivity contribution in [2.24, 2.45) is 7.05 Å². The molecule has 0 amide bonds. The largest absolute Gasteiger partial charge is 0.366 e. The molecule has 4 rings (SSSR count). The standard InChI is InChI=1S/C23H25FN6OS/c1-25-22(32)27-17-7-5-15(6-8-17)16-4-3-11-30(14-16)23-28-20(12-21(31)29(23)2)18-9-10-26-13-19(18)24/h5-10,12-13,16H,3-4,11,14H2,1-2H3,(H2,25,27,32)/t16-/m1/s1. The molecule has 1 atom stereocenters. The van der Waals surface area contributed by atoms with Gasteiger partial charge in [-0.15, -0.1) is 0 Å². The third kappa shape index (κ3) is 4.62. The molecule has 32 heavy (non-hydrogen) atoms. The van der Waals surface area contributed by atoms with Gasteiger partial charge in [0.1, 0.15) is 0 Å². The van der Waals surface area contributed by atoms with Gasteiger partial charge in [0.25, 0.3) is 5.56 Å². The maximum absolute atomic E-state index is 14.3. The van der Waals surface area contributed by atoms with Gasteiger partial charge < -0.3 is 15.5 Å². The molecule has 3 heterocycles. The van der Waals surface area contributed by atoms with E-state index >= 15 is 0 Å². The zero-order valence-corrected chi connectivity index (χ0v) is 18.8. The lowest BCUT2D eigenvalue weighted by Gasteiger charge is -2.34. The van der Waals surface area contributed by atoms with Crippen LogP contribution in [0.5, 0.6) is 0 Å². The maximum atomic E-state index is 14.3. The van der Waals surface area contributed by atoms with Crippen LogP contribution in [0.1, 0.15) is 24.3 Å². The van der Waals surface area contributed by atoms with E-state index in [9.17, 15) is 9.18 Å². The van der Waals surface area contributed by atoms with Gasteiger partial charge in [-0.05, 0) is 48.8 Å². The van der Waals surface area contributed by atoms with Gasteiger partial charge in [-0.1, -0.05) is 12.1 Å². The second kappa shape index (κ2) is 9.44. The zero-order chi connectivity index (χ0) is 22.7. The van der Waals surface area contributed by atoms with Crippen LogP contribution >= 0.6 is 12.2 Å². The van der Waals surface area contributed by atoms with Crippen molar-refractivity contribution in [1.82, 2.24) is 19.9 Å². The molecule has 166 valence electrons. The SMILES string of the molecule is CNC(=S)Nc1ccc([C@@H]2CCCN(c3nc(-c4ccncc4F)cc(=O)n3C)C2)cc1. The van der Waals surface area contributed by atoms with E-state index in [-0.39, 0.29) is 11.1 Å².